The molecule has 0 aliphatic carbocycles. The van der Waals surface area contributed by atoms with Gasteiger partial charge in [0, 0.05) is 13.1 Å². The second kappa shape index (κ2) is 10.2. The monoisotopic (exact) mass is 428 g/mol. The van der Waals surface area contributed by atoms with Gasteiger partial charge >= 0.3 is 0 Å². The highest BCUT2D eigenvalue weighted by atomic mass is 32.2. The van der Waals surface area contributed by atoms with Crippen molar-refractivity contribution >= 4 is 15.9 Å². The third-order valence-corrected chi connectivity index (χ3v) is 7.72. The predicted octanol–water partition coefficient (Wildman–Crippen LogP) is 3.85. The summed E-state index contributed by atoms with van der Waals surface area (Å²) in [4.78, 5) is 12.8. The Kier molecular flexibility index (Phi) is 7.67. The first kappa shape index (κ1) is 22.5. The Hall–Kier alpha value is -2.18. The highest BCUT2D eigenvalue weighted by Gasteiger charge is 2.32. The van der Waals surface area contributed by atoms with Gasteiger partial charge in [0.15, 0.2) is 0 Å². The number of rotatable bonds is 8. The molecule has 3 rings (SSSR count). The molecular formula is C24H32N2O3S. The van der Waals surface area contributed by atoms with Crippen LogP contribution in [0.3, 0.4) is 0 Å². The second-order valence-corrected chi connectivity index (χ2v) is 10.3. The van der Waals surface area contributed by atoms with Crippen LogP contribution in [-0.4, -0.2) is 37.5 Å². The first-order chi connectivity index (χ1) is 14.3. The molecule has 1 amide bonds. The van der Waals surface area contributed by atoms with Crippen LogP contribution in [0.2, 0.25) is 0 Å². The van der Waals surface area contributed by atoms with Gasteiger partial charge in [0.05, 0.1) is 17.7 Å². The molecule has 0 unspecified atom stereocenters. The predicted molar refractivity (Wildman–Crippen MR) is 121 cm³/mol. The summed E-state index contributed by atoms with van der Waals surface area (Å²) >= 11 is 0. The van der Waals surface area contributed by atoms with Crippen molar-refractivity contribution in [2.75, 3.05) is 18.8 Å². The number of benzene rings is 2. The summed E-state index contributed by atoms with van der Waals surface area (Å²) in [6.07, 6.45) is 2.77. The quantitative estimate of drug-likeness (QED) is 0.695. The Morgan fingerprint density at radius 1 is 1.13 bits per heavy atom. The topological polar surface area (TPSA) is 66.5 Å². The van der Waals surface area contributed by atoms with Gasteiger partial charge in [-0.15, -0.1) is 0 Å². The molecular weight excluding hydrogens is 396 g/mol. The molecule has 2 aromatic rings. The molecule has 5 nitrogen and oxygen atoms in total. The first-order valence-electron chi connectivity index (χ1n) is 10.7. The lowest BCUT2D eigenvalue weighted by Gasteiger charge is -2.32. The fourth-order valence-corrected chi connectivity index (χ4v) is 5.49. The molecule has 2 atom stereocenters. The van der Waals surface area contributed by atoms with Crippen LogP contribution in [-0.2, 0) is 21.2 Å². The van der Waals surface area contributed by atoms with Gasteiger partial charge in [0.25, 0.3) is 0 Å². The third-order valence-electron chi connectivity index (χ3n) is 5.79. The van der Waals surface area contributed by atoms with Crippen LogP contribution in [0.4, 0.5) is 0 Å². The van der Waals surface area contributed by atoms with E-state index < -0.39 is 10.0 Å². The lowest BCUT2D eigenvalue weighted by molar-refractivity contribution is -0.126. The van der Waals surface area contributed by atoms with E-state index in [1.807, 2.05) is 68.4 Å². The second-order valence-electron chi connectivity index (χ2n) is 8.24. The molecule has 1 N–H and O–H groups in total. The Morgan fingerprint density at radius 3 is 2.53 bits per heavy atom. The average Bonchev–Trinajstić information content (AvgIpc) is 2.75. The molecule has 1 aliphatic rings. The Bertz CT molecular complexity index is 927. The largest absolute Gasteiger partial charge is 0.349 e. The maximum absolute atomic E-state index is 12.8. The molecule has 2 aromatic carbocycles. The van der Waals surface area contributed by atoms with Crippen molar-refractivity contribution in [1.29, 1.82) is 0 Å². The summed E-state index contributed by atoms with van der Waals surface area (Å²) in [5, 5.41) is 3.06. The Labute approximate surface area is 180 Å². The maximum atomic E-state index is 12.8. The van der Waals surface area contributed by atoms with Gasteiger partial charge in [-0.05, 0) is 50.7 Å². The third kappa shape index (κ3) is 6.16. The van der Waals surface area contributed by atoms with Crippen LogP contribution in [0.15, 0.2) is 54.6 Å². The molecule has 0 bridgehead atoms. The van der Waals surface area contributed by atoms with Gasteiger partial charge in [-0.3, -0.25) is 4.79 Å². The molecule has 1 heterocycles. The van der Waals surface area contributed by atoms with Gasteiger partial charge in [-0.25, -0.2) is 12.7 Å². The average molecular weight is 429 g/mol. The molecule has 6 heteroatoms. The fourth-order valence-electron chi connectivity index (χ4n) is 3.91. The van der Waals surface area contributed by atoms with Crippen LogP contribution >= 0.6 is 0 Å². The summed E-state index contributed by atoms with van der Waals surface area (Å²) in [6, 6.07) is 17.9. The molecule has 1 aliphatic heterocycles. The number of aryl methyl sites for hydroxylation is 2. The van der Waals surface area contributed by atoms with Crippen LogP contribution < -0.4 is 5.32 Å². The van der Waals surface area contributed by atoms with E-state index in [2.05, 4.69) is 5.32 Å². The molecule has 0 aromatic heterocycles. The number of piperidine rings is 1. The van der Waals surface area contributed by atoms with Crippen molar-refractivity contribution in [3.8, 4) is 0 Å². The van der Waals surface area contributed by atoms with Crippen LogP contribution in [0.25, 0.3) is 0 Å². The zero-order chi connectivity index (χ0) is 21.6. The van der Waals surface area contributed by atoms with Crippen molar-refractivity contribution in [3.63, 3.8) is 0 Å². The van der Waals surface area contributed by atoms with Crippen molar-refractivity contribution in [3.05, 3.63) is 71.3 Å². The Morgan fingerprint density at radius 2 is 1.83 bits per heavy atom. The minimum Gasteiger partial charge on any atom is -0.349 e. The highest BCUT2D eigenvalue weighted by Crippen LogP contribution is 2.22. The number of amides is 1. The molecule has 30 heavy (non-hydrogen) atoms. The first-order valence-corrected chi connectivity index (χ1v) is 12.3. The molecule has 0 saturated carbocycles. The lowest BCUT2D eigenvalue weighted by Crippen LogP contribution is -2.46. The van der Waals surface area contributed by atoms with Gasteiger partial charge in [0.2, 0.25) is 15.9 Å². The van der Waals surface area contributed by atoms with E-state index >= 15 is 0 Å². The highest BCUT2D eigenvalue weighted by molar-refractivity contribution is 7.89. The summed E-state index contributed by atoms with van der Waals surface area (Å²) in [5.74, 6) is -0.237. The number of hydrogen-bond acceptors (Lipinski definition) is 3. The minimum absolute atomic E-state index is 0.0627. The zero-order valence-electron chi connectivity index (χ0n) is 17.9. The van der Waals surface area contributed by atoms with Crippen molar-refractivity contribution in [1.82, 2.24) is 9.62 Å². The van der Waals surface area contributed by atoms with Gasteiger partial charge in [-0.1, -0.05) is 60.2 Å². The SMILES string of the molecule is Cc1ccc([C@@H](C)NC(=O)[C@H]2CCCN(S(=O)(=O)CCCc3ccccc3)C2)cc1. The Balaban J connectivity index is 1.53. The van der Waals surface area contributed by atoms with E-state index in [-0.39, 0.29) is 30.2 Å². The van der Waals surface area contributed by atoms with E-state index in [4.69, 9.17) is 0 Å². The minimum atomic E-state index is -3.35. The van der Waals surface area contributed by atoms with E-state index in [1.54, 1.807) is 0 Å². The number of hydrogen-bond donors (Lipinski definition) is 1. The van der Waals surface area contributed by atoms with E-state index in [0.29, 0.717) is 13.0 Å². The number of nitrogens with one attached hydrogen (secondary N) is 1. The van der Waals surface area contributed by atoms with E-state index in [0.717, 1.165) is 30.4 Å². The summed E-state index contributed by atoms with van der Waals surface area (Å²) in [6.45, 7) is 4.78. The van der Waals surface area contributed by atoms with Gasteiger partial charge in [-0.2, -0.15) is 0 Å². The number of sulfonamides is 1. The maximum Gasteiger partial charge on any atom is 0.224 e. The smallest absolute Gasteiger partial charge is 0.224 e. The lowest BCUT2D eigenvalue weighted by atomic mass is 9.97. The molecule has 0 spiro atoms. The van der Waals surface area contributed by atoms with Crippen LogP contribution in [0.1, 0.15) is 48.9 Å². The molecule has 0 radical (unpaired) electrons. The van der Waals surface area contributed by atoms with Crippen molar-refractivity contribution in [2.45, 2.75) is 45.6 Å². The molecule has 1 fully saturated rings. The number of nitrogens with zero attached hydrogens (tertiary/aromatic N) is 1. The van der Waals surface area contributed by atoms with E-state index in [9.17, 15) is 13.2 Å². The summed E-state index contributed by atoms with van der Waals surface area (Å²) in [7, 11) is -3.35. The molecule has 1 saturated heterocycles. The van der Waals surface area contributed by atoms with Crippen molar-refractivity contribution < 1.29 is 13.2 Å². The summed E-state index contributed by atoms with van der Waals surface area (Å²) < 4.78 is 27.1. The standard InChI is InChI=1S/C24H32N2O3S/c1-19-12-14-22(15-13-19)20(2)25-24(27)23-11-6-16-26(18-23)30(28,29)17-7-10-21-8-4-3-5-9-21/h3-5,8-9,12-15,20,23H,6-7,10-11,16-18H2,1-2H3,(H,25,27)/t20-,23+/m1/s1. The van der Waals surface area contributed by atoms with E-state index in [1.165, 1.54) is 9.87 Å². The van der Waals surface area contributed by atoms with Crippen LogP contribution in [0.5, 0.6) is 0 Å². The molecule has 162 valence electrons. The fraction of sp³-hybridized carbons (Fsp3) is 0.458. The summed E-state index contributed by atoms with van der Waals surface area (Å²) in [5.41, 5.74) is 3.38. The van der Waals surface area contributed by atoms with Gasteiger partial charge in [0.1, 0.15) is 0 Å². The number of carbonyl (C=O) groups excluding carboxylic acids is 1. The zero-order valence-corrected chi connectivity index (χ0v) is 18.7. The normalized spacial score (nSPS) is 18.7. The van der Waals surface area contributed by atoms with Crippen LogP contribution in [0, 0.1) is 12.8 Å². The van der Waals surface area contributed by atoms with Gasteiger partial charge < -0.3 is 5.32 Å². The number of carbonyl (C=O) groups is 1. The van der Waals surface area contributed by atoms with Crippen molar-refractivity contribution in [2.24, 2.45) is 5.92 Å².